The summed E-state index contributed by atoms with van der Waals surface area (Å²) >= 11 is 0. The van der Waals surface area contributed by atoms with Crippen molar-refractivity contribution in [3.05, 3.63) is 29.8 Å². The van der Waals surface area contributed by atoms with Crippen molar-refractivity contribution in [2.75, 3.05) is 5.73 Å². The van der Waals surface area contributed by atoms with Gasteiger partial charge in [-0.2, -0.15) is 0 Å². The summed E-state index contributed by atoms with van der Waals surface area (Å²) in [6, 6.07) is 7.22. The summed E-state index contributed by atoms with van der Waals surface area (Å²) < 4.78 is 0. The van der Waals surface area contributed by atoms with Crippen LogP contribution in [0.4, 0.5) is 5.69 Å². The Bertz CT molecular complexity index is 360. The number of hydrogen-bond acceptors (Lipinski definition) is 3. The molecule has 1 aromatic rings. The zero-order chi connectivity index (χ0) is 12.8. The van der Waals surface area contributed by atoms with Crippen LogP contribution in [-0.2, 0) is 11.2 Å². The molecule has 2 unspecified atom stereocenters. The van der Waals surface area contributed by atoms with E-state index in [4.69, 9.17) is 5.73 Å². The largest absolute Gasteiger partial charge is 0.399 e. The molecule has 2 atom stereocenters. The molecule has 0 aromatic heterocycles. The number of hydrogen-bond donors (Lipinski definition) is 3. The molecule has 0 saturated heterocycles. The van der Waals surface area contributed by atoms with Gasteiger partial charge in [0.15, 0.2) is 0 Å². The van der Waals surface area contributed by atoms with E-state index < -0.39 is 6.10 Å². The van der Waals surface area contributed by atoms with Crippen LogP contribution in [0.3, 0.4) is 0 Å². The van der Waals surface area contributed by atoms with Gasteiger partial charge in [-0.25, -0.2) is 0 Å². The van der Waals surface area contributed by atoms with Gasteiger partial charge in [0.1, 0.15) is 0 Å². The molecule has 0 fully saturated rings. The van der Waals surface area contributed by atoms with Gasteiger partial charge in [-0.05, 0) is 38.0 Å². The first kappa shape index (κ1) is 13.5. The first-order valence-corrected chi connectivity index (χ1v) is 5.79. The fourth-order valence-electron chi connectivity index (χ4n) is 1.72. The molecule has 0 radical (unpaired) electrons. The summed E-state index contributed by atoms with van der Waals surface area (Å²) in [5, 5.41) is 12.0. The molecule has 1 amide bonds. The monoisotopic (exact) mass is 236 g/mol. The summed E-state index contributed by atoms with van der Waals surface area (Å²) in [5.74, 6) is -0.0390. The summed E-state index contributed by atoms with van der Waals surface area (Å²) in [4.78, 5) is 11.7. The van der Waals surface area contributed by atoms with Crippen molar-refractivity contribution in [2.24, 2.45) is 0 Å². The van der Waals surface area contributed by atoms with Crippen LogP contribution < -0.4 is 11.1 Å². The van der Waals surface area contributed by atoms with Crippen molar-refractivity contribution >= 4 is 11.6 Å². The van der Waals surface area contributed by atoms with E-state index >= 15 is 0 Å². The van der Waals surface area contributed by atoms with Crippen LogP contribution in [0.1, 0.15) is 25.8 Å². The number of aliphatic hydroxyl groups is 1. The summed E-state index contributed by atoms with van der Waals surface area (Å²) in [6.45, 7) is 3.59. The smallest absolute Gasteiger partial charge is 0.224 e. The Kier molecular flexibility index (Phi) is 4.97. The van der Waals surface area contributed by atoms with Gasteiger partial charge >= 0.3 is 0 Å². The van der Waals surface area contributed by atoms with Gasteiger partial charge in [-0.3, -0.25) is 4.79 Å². The number of carbonyl (C=O) groups is 1. The number of anilines is 1. The lowest BCUT2D eigenvalue weighted by Crippen LogP contribution is -2.35. The standard InChI is InChI=1S/C13H20N2O2/c1-9(7-10(2)16)15-13(17)8-11-3-5-12(14)6-4-11/h3-6,9-10,16H,7-8,14H2,1-2H3,(H,15,17). The molecule has 0 aliphatic carbocycles. The maximum absolute atomic E-state index is 11.7. The maximum Gasteiger partial charge on any atom is 0.224 e. The third kappa shape index (κ3) is 5.36. The number of carbonyl (C=O) groups excluding carboxylic acids is 1. The van der Waals surface area contributed by atoms with Crippen molar-refractivity contribution in [3.8, 4) is 0 Å². The highest BCUT2D eigenvalue weighted by Gasteiger charge is 2.10. The molecular weight excluding hydrogens is 216 g/mol. The number of rotatable bonds is 5. The van der Waals surface area contributed by atoms with Crippen molar-refractivity contribution in [2.45, 2.75) is 38.8 Å². The van der Waals surface area contributed by atoms with Crippen LogP contribution in [0.5, 0.6) is 0 Å². The van der Waals surface area contributed by atoms with Crippen molar-refractivity contribution < 1.29 is 9.90 Å². The Labute approximate surface area is 102 Å². The second-order valence-corrected chi connectivity index (χ2v) is 4.47. The molecule has 0 saturated carbocycles. The van der Waals surface area contributed by atoms with E-state index in [1.165, 1.54) is 0 Å². The lowest BCUT2D eigenvalue weighted by atomic mass is 10.1. The molecule has 0 aliphatic heterocycles. The molecule has 4 N–H and O–H groups in total. The molecule has 1 rings (SSSR count). The minimum Gasteiger partial charge on any atom is -0.399 e. The SMILES string of the molecule is CC(O)CC(C)NC(=O)Cc1ccc(N)cc1. The van der Waals surface area contributed by atoms with E-state index in [9.17, 15) is 9.90 Å². The minimum atomic E-state index is -0.401. The molecule has 0 spiro atoms. The molecule has 94 valence electrons. The lowest BCUT2D eigenvalue weighted by Gasteiger charge is -2.15. The van der Waals surface area contributed by atoms with Crippen LogP contribution in [-0.4, -0.2) is 23.2 Å². The van der Waals surface area contributed by atoms with Gasteiger partial charge in [-0.15, -0.1) is 0 Å². The maximum atomic E-state index is 11.7. The molecule has 17 heavy (non-hydrogen) atoms. The number of nitrogens with one attached hydrogen (secondary N) is 1. The van der Waals surface area contributed by atoms with Crippen LogP contribution in [0, 0.1) is 0 Å². The Morgan fingerprint density at radius 2 is 1.94 bits per heavy atom. The highest BCUT2D eigenvalue weighted by atomic mass is 16.3. The first-order chi connectivity index (χ1) is 7.97. The molecule has 1 aromatic carbocycles. The van der Waals surface area contributed by atoms with Gasteiger partial charge in [-0.1, -0.05) is 12.1 Å². The molecule has 0 bridgehead atoms. The predicted molar refractivity (Wildman–Crippen MR) is 68.5 cm³/mol. The molecular formula is C13H20N2O2. The Hall–Kier alpha value is -1.55. The fraction of sp³-hybridized carbons (Fsp3) is 0.462. The Morgan fingerprint density at radius 1 is 1.35 bits per heavy atom. The number of aliphatic hydroxyl groups excluding tert-OH is 1. The van der Waals surface area contributed by atoms with Crippen LogP contribution in [0.15, 0.2) is 24.3 Å². The summed E-state index contributed by atoms with van der Waals surface area (Å²) in [6.07, 6.45) is 0.500. The van der Waals surface area contributed by atoms with E-state index in [1.807, 2.05) is 19.1 Å². The zero-order valence-corrected chi connectivity index (χ0v) is 10.3. The average molecular weight is 236 g/mol. The van der Waals surface area contributed by atoms with Crippen molar-refractivity contribution in [1.82, 2.24) is 5.32 Å². The topological polar surface area (TPSA) is 75.3 Å². The highest BCUT2D eigenvalue weighted by Crippen LogP contribution is 2.06. The second kappa shape index (κ2) is 6.25. The van der Waals surface area contributed by atoms with Gasteiger partial charge in [0.25, 0.3) is 0 Å². The van der Waals surface area contributed by atoms with Crippen molar-refractivity contribution in [1.29, 1.82) is 0 Å². The van der Waals surface area contributed by atoms with Gasteiger partial charge in [0.05, 0.1) is 12.5 Å². The Balaban J connectivity index is 2.41. The van der Waals surface area contributed by atoms with Gasteiger partial charge in [0.2, 0.25) is 5.91 Å². The normalized spacial score (nSPS) is 14.1. The Morgan fingerprint density at radius 3 is 2.47 bits per heavy atom. The van der Waals surface area contributed by atoms with E-state index in [-0.39, 0.29) is 11.9 Å². The third-order valence-corrected chi connectivity index (χ3v) is 2.45. The average Bonchev–Trinajstić information content (AvgIpc) is 2.19. The summed E-state index contributed by atoms with van der Waals surface area (Å²) in [7, 11) is 0. The number of benzene rings is 1. The molecule has 0 heterocycles. The number of nitrogen functional groups attached to an aromatic ring is 1. The van der Waals surface area contributed by atoms with Crippen LogP contribution in [0.2, 0.25) is 0 Å². The number of amides is 1. The third-order valence-electron chi connectivity index (χ3n) is 2.45. The van der Waals surface area contributed by atoms with E-state index in [2.05, 4.69) is 5.32 Å². The van der Waals surface area contributed by atoms with E-state index in [0.717, 1.165) is 5.56 Å². The fourth-order valence-corrected chi connectivity index (χ4v) is 1.72. The predicted octanol–water partition coefficient (Wildman–Crippen LogP) is 1.09. The highest BCUT2D eigenvalue weighted by molar-refractivity contribution is 5.78. The first-order valence-electron chi connectivity index (χ1n) is 5.79. The van der Waals surface area contributed by atoms with Gasteiger partial charge < -0.3 is 16.2 Å². The van der Waals surface area contributed by atoms with Gasteiger partial charge in [0, 0.05) is 11.7 Å². The quantitative estimate of drug-likeness (QED) is 0.670. The lowest BCUT2D eigenvalue weighted by molar-refractivity contribution is -0.121. The molecule has 0 aliphatic rings. The van der Waals surface area contributed by atoms with Crippen LogP contribution in [0.25, 0.3) is 0 Å². The second-order valence-electron chi connectivity index (χ2n) is 4.47. The molecule has 4 heteroatoms. The van der Waals surface area contributed by atoms with E-state index in [1.54, 1.807) is 19.1 Å². The summed E-state index contributed by atoms with van der Waals surface area (Å²) in [5.41, 5.74) is 7.19. The van der Waals surface area contributed by atoms with E-state index in [0.29, 0.717) is 18.5 Å². The molecule has 4 nitrogen and oxygen atoms in total. The zero-order valence-electron chi connectivity index (χ0n) is 10.3. The number of nitrogens with two attached hydrogens (primary N) is 1. The minimum absolute atomic E-state index is 0.0173. The van der Waals surface area contributed by atoms with Crippen LogP contribution >= 0.6 is 0 Å². The van der Waals surface area contributed by atoms with Crippen molar-refractivity contribution in [3.63, 3.8) is 0 Å².